The molecule has 1 fully saturated rings. The zero-order valence-electron chi connectivity index (χ0n) is 11.3. The van der Waals surface area contributed by atoms with Crippen LogP contribution < -0.4 is 5.32 Å². The normalized spacial score (nSPS) is 27.0. The quantitative estimate of drug-likeness (QED) is 0.870. The highest BCUT2D eigenvalue weighted by Crippen LogP contribution is 2.30. The Labute approximate surface area is 122 Å². The number of phenolic OH excluding ortho intramolecular Hbond substituents is 1. The molecule has 0 saturated heterocycles. The van der Waals surface area contributed by atoms with Gasteiger partial charge in [0.05, 0.1) is 5.56 Å². The van der Waals surface area contributed by atoms with Crippen LogP contribution in [-0.4, -0.2) is 17.1 Å². The molecule has 0 radical (unpaired) electrons. The van der Waals surface area contributed by atoms with Gasteiger partial charge in [0.1, 0.15) is 5.75 Å². The lowest BCUT2D eigenvalue weighted by molar-refractivity contribution is 0.0908. The Morgan fingerprint density at radius 1 is 1.32 bits per heavy atom. The predicted molar refractivity (Wildman–Crippen MR) is 79.2 cm³/mol. The third-order valence-corrected chi connectivity index (χ3v) is 4.63. The van der Waals surface area contributed by atoms with Crippen LogP contribution in [0.4, 0.5) is 0 Å². The maximum Gasteiger partial charge on any atom is 0.255 e. The van der Waals surface area contributed by atoms with E-state index in [0.717, 1.165) is 29.7 Å². The molecular weight excluding hydrogens is 306 g/mol. The zero-order valence-corrected chi connectivity index (χ0v) is 12.9. The van der Waals surface area contributed by atoms with Crippen molar-refractivity contribution in [1.82, 2.24) is 5.32 Å². The summed E-state index contributed by atoms with van der Waals surface area (Å²) >= 11 is 3.32. The Morgan fingerprint density at radius 3 is 2.74 bits per heavy atom. The predicted octanol–water partition coefficient (Wildman–Crippen LogP) is 3.71. The molecule has 2 rings (SSSR count). The number of phenols is 1. The van der Waals surface area contributed by atoms with Gasteiger partial charge in [-0.25, -0.2) is 0 Å². The second-order valence-electron chi connectivity index (χ2n) is 5.60. The molecule has 0 aliphatic heterocycles. The first-order chi connectivity index (χ1) is 8.97. The molecule has 1 aliphatic carbocycles. The van der Waals surface area contributed by atoms with Crippen molar-refractivity contribution < 1.29 is 9.90 Å². The molecule has 0 aromatic heterocycles. The molecule has 3 nitrogen and oxygen atoms in total. The second kappa shape index (κ2) is 5.95. The van der Waals surface area contributed by atoms with Gasteiger partial charge in [-0.1, -0.05) is 29.8 Å². The highest BCUT2D eigenvalue weighted by Gasteiger charge is 2.26. The minimum atomic E-state index is -0.189. The molecule has 1 aromatic carbocycles. The molecule has 19 heavy (non-hydrogen) atoms. The molecule has 3 unspecified atom stereocenters. The number of nitrogens with one attached hydrogen (secondary N) is 1. The molecule has 3 atom stereocenters. The minimum Gasteiger partial charge on any atom is -0.507 e. The van der Waals surface area contributed by atoms with Crippen molar-refractivity contribution in [3.63, 3.8) is 0 Å². The lowest BCUT2D eigenvalue weighted by atomic mass is 9.79. The number of rotatable bonds is 2. The van der Waals surface area contributed by atoms with Gasteiger partial charge in [0.15, 0.2) is 0 Å². The molecule has 1 aliphatic rings. The molecule has 104 valence electrons. The van der Waals surface area contributed by atoms with Crippen LogP contribution in [0.25, 0.3) is 0 Å². The highest BCUT2D eigenvalue weighted by atomic mass is 79.9. The SMILES string of the molecule is CC1CCC(NC(=O)c2cc(Br)ccc2O)CC1C. The minimum absolute atomic E-state index is 0.0259. The molecule has 1 amide bonds. The van der Waals surface area contributed by atoms with Crippen molar-refractivity contribution in [2.75, 3.05) is 0 Å². The van der Waals surface area contributed by atoms with Gasteiger partial charge >= 0.3 is 0 Å². The first-order valence-corrected chi connectivity index (χ1v) is 7.56. The van der Waals surface area contributed by atoms with Crippen molar-refractivity contribution >= 4 is 21.8 Å². The summed E-state index contributed by atoms with van der Waals surface area (Å²) in [6, 6.07) is 5.12. The summed E-state index contributed by atoms with van der Waals surface area (Å²) in [5.41, 5.74) is 0.334. The lowest BCUT2D eigenvalue weighted by Crippen LogP contribution is -2.39. The summed E-state index contributed by atoms with van der Waals surface area (Å²) in [5, 5.41) is 12.8. The molecule has 2 N–H and O–H groups in total. The average molecular weight is 326 g/mol. The van der Waals surface area contributed by atoms with Crippen LogP contribution in [0.15, 0.2) is 22.7 Å². The number of carbonyl (C=O) groups excluding carboxylic acids is 1. The molecular formula is C15H20BrNO2. The fourth-order valence-electron chi connectivity index (χ4n) is 2.63. The van der Waals surface area contributed by atoms with E-state index in [1.165, 1.54) is 6.07 Å². The van der Waals surface area contributed by atoms with Crippen molar-refractivity contribution in [3.8, 4) is 5.75 Å². The van der Waals surface area contributed by atoms with Gasteiger partial charge in [-0.3, -0.25) is 4.79 Å². The number of aromatic hydroxyl groups is 1. The van der Waals surface area contributed by atoms with E-state index in [1.807, 2.05) is 0 Å². The van der Waals surface area contributed by atoms with Crippen LogP contribution in [-0.2, 0) is 0 Å². The van der Waals surface area contributed by atoms with Crippen LogP contribution >= 0.6 is 15.9 Å². The largest absolute Gasteiger partial charge is 0.507 e. The van der Waals surface area contributed by atoms with E-state index in [4.69, 9.17) is 0 Å². The standard InChI is InChI=1S/C15H20BrNO2/c1-9-3-5-12(7-10(9)2)17-15(19)13-8-11(16)4-6-14(13)18/h4,6,8-10,12,18H,3,5,7H2,1-2H3,(H,17,19). The first-order valence-electron chi connectivity index (χ1n) is 6.76. The van der Waals surface area contributed by atoms with Crippen LogP contribution in [0.2, 0.25) is 0 Å². The Bertz CT molecular complexity index is 475. The van der Waals surface area contributed by atoms with Gasteiger partial charge in [-0.2, -0.15) is 0 Å². The Hall–Kier alpha value is -1.03. The van der Waals surface area contributed by atoms with E-state index in [-0.39, 0.29) is 17.7 Å². The zero-order chi connectivity index (χ0) is 14.0. The van der Waals surface area contributed by atoms with E-state index in [0.29, 0.717) is 11.5 Å². The summed E-state index contributed by atoms with van der Waals surface area (Å²) in [5.74, 6) is 1.20. The van der Waals surface area contributed by atoms with Gasteiger partial charge in [0.25, 0.3) is 5.91 Å². The lowest BCUT2D eigenvalue weighted by Gasteiger charge is -2.32. The number of carbonyl (C=O) groups is 1. The monoisotopic (exact) mass is 325 g/mol. The van der Waals surface area contributed by atoms with Crippen molar-refractivity contribution in [1.29, 1.82) is 0 Å². The van der Waals surface area contributed by atoms with E-state index in [2.05, 4.69) is 35.1 Å². The number of amides is 1. The van der Waals surface area contributed by atoms with Crippen LogP contribution in [0.3, 0.4) is 0 Å². The Morgan fingerprint density at radius 2 is 2.05 bits per heavy atom. The number of hydrogen-bond donors (Lipinski definition) is 2. The topological polar surface area (TPSA) is 49.3 Å². The van der Waals surface area contributed by atoms with Crippen molar-refractivity contribution in [2.45, 2.75) is 39.2 Å². The Balaban J connectivity index is 2.03. The summed E-state index contributed by atoms with van der Waals surface area (Å²) < 4.78 is 0.793. The summed E-state index contributed by atoms with van der Waals surface area (Å²) in [7, 11) is 0. The smallest absolute Gasteiger partial charge is 0.255 e. The summed E-state index contributed by atoms with van der Waals surface area (Å²) in [4.78, 5) is 12.2. The third kappa shape index (κ3) is 3.50. The van der Waals surface area contributed by atoms with Crippen LogP contribution in [0.5, 0.6) is 5.75 Å². The molecule has 0 spiro atoms. The number of halogens is 1. The van der Waals surface area contributed by atoms with Crippen molar-refractivity contribution in [3.05, 3.63) is 28.2 Å². The number of hydrogen-bond acceptors (Lipinski definition) is 2. The average Bonchev–Trinajstić information content (AvgIpc) is 2.36. The molecule has 1 aromatic rings. The fraction of sp³-hybridized carbons (Fsp3) is 0.533. The van der Waals surface area contributed by atoms with Gasteiger partial charge in [0, 0.05) is 10.5 Å². The molecule has 0 heterocycles. The first kappa shape index (κ1) is 14.4. The van der Waals surface area contributed by atoms with Crippen LogP contribution in [0.1, 0.15) is 43.5 Å². The van der Waals surface area contributed by atoms with Gasteiger partial charge in [-0.15, -0.1) is 0 Å². The summed E-state index contributed by atoms with van der Waals surface area (Å²) in [6.45, 7) is 4.50. The maximum absolute atomic E-state index is 12.2. The van der Waals surface area contributed by atoms with Crippen LogP contribution in [0, 0.1) is 11.8 Å². The summed E-state index contributed by atoms with van der Waals surface area (Å²) in [6.07, 6.45) is 3.18. The van der Waals surface area contributed by atoms with Gasteiger partial charge < -0.3 is 10.4 Å². The van der Waals surface area contributed by atoms with E-state index < -0.39 is 0 Å². The van der Waals surface area contributed by atoms with Gasteiger partial charge in [0.2, 0.25) is 0 Å². The third-order valence-electron chi connectivity index (χ3n) is 4.14. The van der Waals surface area contributed by atoms with E-state index >= 15 is 0 Å². The fourth-order valence-corrected chi connectivity index (χ4v) is 2.99. The van der Waals surface area contributed by atoms with Gasteiger partial charge in [-0.05, 0) is 49.3 Å². The highest BCUT2D eigenvalue weighted by molar-refractivity contribution is 9.10. The Kier molecular flexibility index (Phi) is 4.50. The molecule has 0 bridgehead atoms. The maximum atomic E-state index is 12.2. The van der Waals surface area contributed by atoms with E-state index in [9.17, 15) is 9.90 Å². The number of benzene rings is 1. The van der Waals surface area contributed by atoms with Crippen molar-refractivity contribution in [2.24, 2.45) is 11.8 Å². The molecule has 1 saturated carbocycles. The molecule has 4 heteroatoms. The second-order valence-corrected chi connectivity index (χ2v) is 6.52. The van der Waals surface area contributed by atoms with E-state index in [1.54, 1.807) is 12.1 Å².